The molecule has 0 spiro atoms. The van der Waals surface area contributed by atoms with Crippen LogP contribution in [0.4, 0.5) is 5.95 Å². The van der Waals surface area contributed by atoms with Gasteiger partial charge in [0.1, 0.15) is 6.04 Å². The van der Waals surface area contributed by atoms with E-state index in [0.717, 1.165) is 22.2 Å². The molecule has 2 amide bonds. The molecule has 3 N–H and O–H groups in total. The molecule has 0 aliphatic rings. The number of aryl methyl sites for hydroxylation is 1. The minimum atomic E-state index is -0.662. The van der Waals surface area contributed by atoms with Crippen molar-refractivity contribution in [1.29, 1.82) is 0 Å². The second-order valence-electron chi connectivity index (χ2n) is 5.98. The van der Waals surface area contributed by atoms with Crippen molar-refractivity contribution in [2.24, 2.45) is 0 Å². The van der Waals surface area contributed by atoms with Crippen LogP contribution in [-0.2, 0) is 16.0 Å². The number of aromatic amines is 1. The molecule has 0 saturated heterocycles. The van der Waals surface area contributed by atoms with Gasteiger partial charge in [-0.25, -0.2) is 4.98 Å². The summed E-state index contributed by atoms with van der Waals surface area (Å²) in [5, 5.41) is 5.41. The Morgan fingerprint density at radius 3 is 2.60 bits per heavy atom. The highest BCUT2D eigenvalue weighted by Crippen LogP contribution is 2.13. The fourth-order valence-electron chi connectivity index (χ4n) is 2.58. The first-order valence-corrected chi connectivity index (χ1v) is 8.12. The lowest BCUT2D eigenvalue weighted by Crippen LogP contribution is -2.42. The average Bonchev–Trinajstić information content (AvgIpc) is 2.99. The molecule has 3 rings (SSSR count). The number of aromatic nitrogens is 2. The quantitative estimate of drug-likeness (QED) is 0.669. The minimum Gasteiger partial charge on any atom is -0.344 e. The number of imidazole rings is 1. The van der Waals surface area contributed by atoms with Crippen LogP contribution in [0.5, 0.6) is 0 Å². The van der Waals surface area contributed by atoms with E-state index < -0.39 is 6.04 Å². The third-order valence-electron chi connectivity index (χ3n) is 4.01. The van der Waals surface area contributed by atoms with E-state index in [-0.39, 0.29) is 18.2 Å². The first-order valence-electron chi connectivity index (χ1n) is 8.12. The van der Waals surface area contributed by atoms with Crippen molar-refractivity contribution in [3.63, 3.8) is 0 Å². The van der Waals surface area contributed by atoms with E-state index >= 15 is 0 Å². The van der Waals surface area contributed by atoms with Crippen LogP contribution in [0.2, 0.25) is 0 Å². The third-order valence-corrected chi connectivity index (χ3v) is 4.01. The van der Waals surface area contributed by atoms with E-state index in [1.807, 2.05) is 55.5 Å². The van der Waals surface area contributed by atoms with Crippen molar-refractivity contribution in [2.45, 2.75) is 26.3 Å². The molecule has 0 saturated carbocycles. The second kappa shape index (κ2) is 7.17. The fraction of sp³-hybridized carbons (Fsp3) is 0.211. The first kappa shape index (κ1) is 16.7. The van der Waals surface area contributed by atoms with Gasteiger partial charge in [0.15, 0.2) is 0 Å². The monoisotopic (exact) mass is 336 g/mol. The van der Waals surface area contributed by atoms with Crippen molar-refractivity contribution in [3.05, 3.63) is 59.7 Å². The number of carbonyl (C=O) groups excluding carboxylic acids is 2. The zero-order valence-corrected chi connectivity index (χ0v) is 14.2. The highest BCUT2D eigenvalue weighted by Gasteiger charge is 2.17. The highest BCUT2D eigenvalue weighted by molar-refractivity contribution is 5.97. The number of fused-ring (bicyclic) bond motifs is 1. The average molecular weight is 336 g/mol. The number of anilines is 1. The molecular formula is C19H20N4O2. The molecule has 128 valence electrons. The Bertz CT molecular complexity index is 883. The number of nitrogens with one attached hydrogen (secondary N) is 3. The van der Waals surface area contributed by atoms with E-state index in [1.165, 1.54) is 0 Å². The normalized spacial score (nSPS) is 11.9. The molecule has 0 aliphatic carbocycles. The Morgan fingerprint density at radius 1 is 1.12 bits per heavy atom. The predicted molar refractivity (Wildman–Crippen MR) is 97.2 cm³/mol. The molecular weight excluding hydrogens is 316 g/mol. The standard InChI is InChI=1S/C19H20N4O2/c1-12-7-3-4-8-14(12)11-17(24)20-13(2)18(25)23-19-21-15-9-5-6-10-16(15)22-19/h3-10,13H,11H2,1-2H3,(H,20,24)(H2,21,22,23,25)/t13-/m0/s1. The zero-order valence-electron chi connectivity index (χ0n) is 14.2. The molecule has 2 aromatic carbocycles. The van der Waals surface area contributed by atoms with Gasteiger partial charge in [-0.3, -0.25) is 14.9 Å². The molecule has 0 bridgehead atoms. The van der Waals surface area contributed by atoms with Crippen LogP contribution in [0.15, 0.2) is 48.5 Å². The maximum absolute atomic E-state index is 12.3. The molecule has 6 heteroatoms. The van der Waals surface area contributed by atoms with Gasteiger partial charge in [0.2, 0.25) is 17.8 Å². The summed E-state index contributed by atoms with van der Waals surface area (Å²) in [6, 6.07) is 14.5. The molecule has 0 aliphatic heterocycles. The van der Waals surface area contributed by atoms with Crippen molar-refractivity contribution in [2.75, 3.05) is 5.32 Å². The Labute approximate surface area is 145 Å². The second-order valence-corrected chi connectivity index (χ2v) is 5.98. The van der Waals surface area contributed by atoms with E-state index in [9.17, 15) is 9.59 Å². The van der Waals surface area contributed by atoms with Gasteiger partial charge in [-0.1, -0.05) is 36.4 Å². The van der Waals surface area contributed by atoms with Crippen LogP contribution < -0.4 is 10.6 Å². The third kappa shape index (κ3) is 4.03. The fourth-order valence-corrected chi connectivity index (χ4v) is 2.58. The summed E-state index contributed by atoms with van der Waals surface area (Å²) in [4.78, 5) is 31.7. The summed E-state index contributed by atoms with van der Waals surface area (Å²) in [5.41, 5.74) is 3.62. The van der Waals surface area contributed by atoms with Crippen LogP contribution in [0, 0.1) is 6.92 Å². The highest BCUT2D eigenvalue weighted by atomic mass is 16.2. The van der Waals surface area contributed by atoms with Crippen LogP contribution in [-0.4, -0.2) is 27.8 Å². The smallest absolute Gasteiger partial charge is 0.248 e. The van der Waals surface area contributed by atoms with E-state index in [1.54, 1.807) is 6.92 Å². The Balaban J connectivity index is 1.58. The SMILES string of the molecule is Cc1ccccc1CC(=O)N[C@@H](C)C(=O)Nc1nc2ccccc2[nH]1. The van der Waals surface area contributed by atoms with Crippen molar-refractivity contribution >= 4 is 28.8 Å². The number of hydrogen-bond acceptors (Lipinski definition) is 3. The van der Waals surface area contributed by atoms with Gasteiger partial charge >= 0.3 is 0 Å². The maximum atomic E-state index is 12.3. The Morgan fingerprint density at radius 2 is 1.84 bits per heavy atom. The van der Waals surface area contributed by atoms with Crippen LogP contribution in [0.25, 0.3) is 11.0 Å². The molecule has 0 fully saturated rings. The summed E-state index contributed by atoms with van der Waals surface area (Å²) >= 11 is 0. The lowest BCUT2D eigenvalue weighted by atomic mass is 10.1. The first-order chi connectivity index (χ1) is 12.0. The molecule has 1 atom stereocenters. The number of para-hydroxylation sites is 2. The number of carbonyl (C=O) groups is 2. The van der Waals surface area contributed by atoms with Gasteiger partial charge in [-0.05, 0) is 37.1 Å². The van der Waals surface area contributed by atoms with Gasteiger partial charge in [0.25, 0.3) is 0 Å². The largest absolute Gasteiger partial charge is 0.344 e. The minimum absolute atomic E-state index is 0.193. The predicted octanol–water partition coefficient (Wildman–Crippen LogP) is 2.56. The van der Waals surface area contributed by atoms with Crippen molar-refractivity contribution in [3.8, 4) is 0 Å². The topological polar surface area (TPSA) is 86.9 Å². The summed E-state index contributed by atoms with van der Waals surface area (Å²) in [6.07, 6.45) is 0.245. The van der Waals surface area contributed by atoms with Gasteiger partial charge < -0.3 is 10.3 Å². The van der Waals surface area contributed by atoms with Gasteiger partial charge in [-0.2, -0.15) is 0 Å². The number of amides is 2. The van der Waals surface area contributed by atoms with Crippen LogP contribution >= 0.6 is 0 Å². The van der Waals surface area contributed by atoms with E-state index in [2.05, 4.69) is 20.6 Å². The number of hydrogen-bond donors (Lipinski definition) is 3. The lowest BCUT2D eigenvalue weighted by molar-refractivity contribution is -0.125. The summed E-state index contributed by atoms with van der Waals surface area (Å²) in [5.74, 6) is -0.148. The van der Waals surface area contributed by atoms with E-state index in [4.69, 9.17) is 0 Å². The number of nitrogens with zero attached hydrogens (tertiary/aromatic N) is 1. The molecule has 1 aromatic heterocycles. The summed E-state index contributed by atoms with van der Waals surface area (Å²) in [7, 11) is 0. The molecule has 0 radical (unpaired) electrons. The molecule has 1 heterocycles. The number of rotatable bonds is 5. The van der Waals surface area contributed by atoms with E-state index in [0.29, 0.717) is 5.95 Å². The number of H-pyrrole nitrogens is 1. The van der Waals surface area contributed by atoms with Gasteiger partial charge in [-0.15, -0.1) is 0 Å². The zero-order chi connectivity index (χ0) is 17.8. The van der Waals surface area contributed by atoms with Crippen LogP contribution in [0.1, 0.15) is 18.1 Å². The summed E-state index contributed by atoms with van der Waals surface area (Å²) in [6.45, 7) is 3.61. The summed E-state index contributed by atoms with van der Waals surface area (Å²) < 4.78 is 0. The lowest BCUT2D eigenvalue weighted by Gasteiger charge is -2.13. The molecule has 6 nitrogen and oxygen atoms in total. The Kier molecular flexibility index (Phi) is 4.79. The van der Waals surface area contributed by atoms with Crippen molar-refractivity contribution < 1.29 is 9.59 Å². The van der Waals surface area contributed by atoms with Crippen molar-refractivity contribution in [1.82, 2.24) is 15.3 Å². The molecule has 0 unspecified atom stereocenters. The van der Waals surface area contributed by atoms with Gasteiger partial charge in [0, 0.05) is 0 Å². The maximum Gasteiger partial charge on any atom is 0.248 e. The Hall–Kier alpha value is -3.15. The molecule has 3 aromatic rings. The number of benzene rings is 2. The van der Waals surface area contributed by atoms with Crippen LogP contribution in [0.3, 0.4) is 0 Å². The molecule has 25 heavy (non-hydrogen) atoms. The van der Waals surface area contributed by atoms with Gasteiger partial charge in [0.05, 0.1) is 17.5 Å².